The number of likely N-dealkylation sites (N-methyl/N-ethyl adjacent to an activating group) is 1. The summed E-state index contributed by atoms with van der Waals surface area (Å²) < 4.78 is 43.7. The molecule has 0 radical (unpaired) electrons. The lowest BCUT2D eigenvalue weighted by molar-refractivity contribution is -0.137. The molecule has 20 heavy (non-hydrogen) atoms. The maximum atomic E-state index is 12.8. The van der Waals surface area contributed by atoms with Crippen molar-refractivity contribution in [3.8, 4) is 0 Å². The molecule has 1 rings (SSSR count). The van der Waals surface area contributed by atoms with Gasteiger partial charge in [-0.3, -0.25) is 0 Å². The number of nitrogens with one attached hydrogen (secondary N) is 1. The van der Waals surface area contributed by atoms with Crippen LogP contribution in [-0.4, -0.2) is 31.3 Å². The number of hydrogen-bond donors (Lipinski definition) is 2. The highest BCUT2D eigenvalue weighted by Gasteiger charge is 2.32. The Morgan fingerprint density at radius 3 is 2.55 bits per heavy atom. The van der Waals surface area contributed by atoms with E-state index in [-0.39, 0.29) is 11.6 Å². The van der Waals surface area contributed by atoms with Gasteiger partial charge in [0, 0.05) is 19.7 Å². The van der Waals surface area contributed by atoms with E-state index in [4.69, 9.17) is 10.6 Å². The molecule has 0 saturated heterocycles. The highest BCUT2D eigenvalue weighted by Crippen LogP contribution is 2.32. The molecule has 8 heteroatoms. The van der Waals surface area contributed by atoms with Gasteiger partial charge in [-0.15, -0.1) is 0 Å². The quantitative estimate of drug-likeness (QED) is 0.458. The van der Waals surface area contributed by atoms with Crippen molar-refractivity contribution in [2.45, 2.75) is 20.0 Å². The van der Waals surface area contributed by atoms with Gasteiger partial charge in [-0.2, -0.15) is 13.2 Å². The van der Waals surface area contributed by atoms with Gasteiger partial charge >= 0.3 is 6.18 Å². The average Bonchev–Trinajstić information content (AvgIpc) is 2.42. The van der Waals surface area contributed by atoms with Gasteiger partial charge in [0.25, 0.3) is 0 Å². The smallest absolute Gasteiger partial charge is 0.380 e. The summed E-state index contributed by atoms with van der Waals surface area (Å²) in [5.41, 5.74) is 1.37. The van der Waals surface area contributed by atoms with Crippen LogP contribution in [0.1, 0.15) is 19.4 Å². The molecule has 0 spiro atoms. The molecule has 0 aliphatic rings. The SMILES string of the molecule is CCOCCN(CC)c1cc(C(F)(F)F)cc(NN)n1. The Morgan fingerprint density at radius 1 is 1.35 bits per heavy atom. The van der Waals surface area contributed by atoms with Crippen LogP contribution in [-0.2, 0) is 10.9 Å². The number of hydrazine groups is 1. The number of nitrogens with two attached hydrogens (primary N) is 1. The highest BCUT2D eigenvalue weighted by molar-refractivity contribution is 5.50. The summed E-state index contributed by atoms with van der Waals surface area (Å²) in [4.78, 5) is 5.75. The zero-order valence-electron chi connectivity index (χ0n) is 11.5. The topological polar surface area (TPSA) is 63.4 Å². The first kappa shape index (κ1) is 16.5. The number of nitrogens with zero attached hydrogens (tertiary/aromatic N) is 2. The van der Waals surface area contributed by atoms with Crippen LogP contribution in [0.2, 0.25) is 0 Å². The highest BCUT2D eigenvalue weighted by atomic mass is 19.4. The molecule has 0 bridgehead atoms. The van der Waals surface area contributed by atoms with Crippen molar-refractivity contribution in [3.05, 3.63) is 17.7 Å². The maximum Gasteiger partial charge on any atom is 0.416 e. The lowest BCUT2D eigenvalue weighted by Crippen LogP contribution is -2.29. The number of ether oxygens (including phenoxy) is 1. The minimum atomic E-state index is -4.44. The van der Waals surface area contributed by atoms with Gasteiger partial charge < -0.3 is 15.1 Å². The zero-order valence-corrected chi connectivity index (χ0v) is 11.5. The summed E-state index contributed by atoms with van der Waals surface area (Å²) in [6, 6.07) is 1.89. The van der Waals surface area contributed by atoms with Crippen LogP contribution in [0.4, 0.5) is 24.8 Å². The molecule has 0 aliphatic carbocycles. The maximum absolute atomic E-state index is 12.8. The van der Waals surface area contributed by atoms with Gasteiger partial charge in [0.15, 0.2) is 0 Å². The van der Waals surface area contributed by atoms with E-state index in [2.05, 4.69) is 10.4 Å². The summed E-state index contributed by atoms with van der Waals surface area (Å²) in [5.74, 6) is 5.37. The van der Waals surface area contributed by atoms with E-state index in [1.54, 1.807) is 4.90 Å². The largest absolute Gasteiger partial charge is 0.416 e. The van der Waals surface area contributed by atoms with E-state index in [0.29, 0.717) is 26.3 Å². The summed E-state index contributed by atoms with van der Waals surface area (Å²) in [6.45, 7) is 5.66. The van der Waals surface area contributed by atoms with Gasteiger partial charge in [-0.05, 0) is 26.0 Å². The molecular weight excluding hydrogens is 273 g/mol. The van der Waals surface area contributed by atoms with Crippen LogP contribution in [0.15, 0.2) is 12.1 Å². The fourth-order valence-electron chi connectivity index (χ4n) is 1.67. The average molecular weight is 292 g/mol. The molecule has 0 aliphatic heterocycles. The Bertz CT molecular complexity index is 426. The first-order valence-corrected chi connectivity index (χ1v) is 6.31. The van der Waals surface area contributed by atoms with Crippen molar-refractivity contribution in [2.24, 2.45) is 5.84 Å². The molecular formula is C12H19F3N4O. The van der Waals surface area contributed by atoms with Crippen molar-refractivity contribution in [2.75, 3.05) is 36.6 Å². The van der Waals surface area contributed by atoms with Crippen molar-refractivity contribution < 1.29 is 17.9 Å². The second-order valence-electron chi connectivity index (χ2n) is 4.02. The number of aromatic nitrogens is 1. The molecule has 0 fully saturated rings. The lowest BCUT2D eigenvalue weighted by atomic mass is 10.2. The molecule has 0 aromatic carbocycles. The number of alkyl halides is 3. The Kier molecular flexibility index (Phi) is 6.03. The van der Waals surface area contributed by atoms with Crippen molar-refractivity contribution >= 4 is 11.6 Å². The van der Waals surface area contributed by atoms with E-state index in [0.717, 1.165) is 12.1 Å². The Balaban J connectivity index is 3.02. The van der Waals surface area contributed by atoms with Crippen LogP contribution in [0, 0.1) is 0 Å². The van der Waals surface area contributed by atoms with Crippen LogP contribution in [0.25, 0.3) is 0 Å². The molecule has 1 aromatic rings. The first-order valence-electron chi connectivity index (χ1n) is 6.31. The van der Waals surface area contributed by atoms with E-state index in [1.165, 1.54) is 0 Å². The fourth-order valence-corrected chi connectivity index (χ4v) is 1.67. The number of nitrogen functional groups attached to an aromatic ring is 1. The van der Waals surface area contributed by atoms with E-state index in [1.807, 2.05) is 13.8 Å². The first-order chi connectivity index (χ1) is 9.42. The number of rotatable bonds is 7. The minimum Gasteiger partial charge on any atom is -0.380 e. The second kappa shape index (κ2) is 7.30. The Labute approximate surface area is 115 Å². The summed E-state index contributed by atoms with van der Waals surface area (Å²) in [7, 11) is 0. The minimum absolute atomic E-state index is 0.0234. The van der Waals surface area contributed by atoms with Gasteiger partial charge in [0.2, 0.25) is 0 Å². The molecule has 0 amide bonds. The molecule has 3 N–H and O–H groups in total. The third-order valence-electron chi connectivity index (χ3n) is 2.70. The zero-order chi connectivity index (χ0) is 15.2. The predicted molar refractivity (Wildman–Crippen MR) is 71.4 cm³/mol. The molecule has 1 heterocycles. The summed E-state index contributed by atoms with van der Waals surface area (Å²) >= 11 is 0. The van der Waals surface area contributed by atoms with Crippen LogP contribution >= 0.6 is 0 Å². The van der Waals surface area contributed by atoms with E-state index < -0.39 is 11.7 Å². The van der Waals surface area contributed by atoms with Crippen molar-refractivity contribution in [1.29, 1.82) is 0 Å². The third-order valence-corrected chi connectivity index (χ3v) is 2.70. The molecule has 5 nitrogen and oxygen atoms in total. The van der Waals surface area contributed by atoms with Crippen molar-refractivity contribution in [3.63, 3.8) is 0 Å². The normalized spacial score (nSPS) is 11.5. The van der Waals surface area contributed by atoms with E-state index >= 15 is 0 Å². The molecule has 1 aromatic heterocycles. The predicted octanol–water partition coefficient (Wildman–Crippen LogP) is 2.25. The van der Waals surface area contributed by atoms with Gasteiger partial charge in [0.05, 0.1) is 12.2 Å². The number of anilines is 2. The van der Waals surface area contributed by atoms with Gasteiger partial charge in [0.1, 0.15) is 11.6 Å². The fraction of sp³-hybridized carbons (Fsp3) is 0.583. The standard InChI is InChI=1S/C12H19F3N4O/c1-3-19(5-6-20-4-2)11-8-9(12(13,14)15)7-10(17-11)18-16/h7-8H,3-6,16H2,1-2H3,(H,17,18). The molecule has 114 valence electrons. The third kappa shape index (κ3) is 4.53. The summed E-state index contributed by atoms with van der Waals surface area (Å²) in [5, 5.41) is 0. The van der Waals surface area contributed by atoms with Gasteiger partial charge in [-0.1, -0.05) is 0 Å². The summed E-state index contributed by atoms with van der Waals surface area (Å²) in [6.07, 6.45) is -4.44. The monoisotopic (exact) mass is 292 g/mol. The molecule has 0 saturated carbocycles. The number of halogens is 3. The van der Waals surface area contributed by atoms with Gasteiger partial charge in [-0.25, -0.2) is 10.8 Å². The Hall–Kier alpha value is -1.54. The van der Waals surface area contributed by atoms with Crippen molar-refractivity contribution in [1.82, 2.24) is 4.98 Å². The second-order valence-corrected chi connectivity index (χ2v) is 4.02. The molecule has 0 unspecified atom stereocenters. The Morgan fingerprint density at radius 2 is 2.05 bits per heavy atom. The van der Waals surface area contributed by atoms with E-state index in [9.17, 15) is 13.2 Å². The number of hydrogen-bond acceptors (Lipinski definition) is 5. The number of pyridine rings is 1. The molecule has 0 atom stereocenters. The van der Waals surface area contributed by atoms with Crippen LogP contribution in [0.3, 0.4) is 0 Å². The van der Waals surface area contributed by atoms with Crippen LogP contribution in [0.5, 0.6) is 0 Å². The van der Waals surface area contributed by atoms with Crippen LogP contribution < -0.4 is 16.2 Å². The lowest BCUT2D eigenvalue weighted by Gasteiger charge is -2.23.